The van der Waals surface area contributed by atoms with Gasteiger partial charge in [0.1, 0.15) is 0 Å². The van der Waals surface area contributed by atoms with Crippen molar-refractivity contribution in [1.29, 1.82) is 0 Å². The second-order valence-corrected chi connectivity index (χ2v) is 4.69. The zero-order valence-electron chi connectivity index (χ0n) is 8.56. The van der Waals surface area contributed by atoms with Crippen molar-refractivity contribution in [3.8, 4) is 0 Å². The average Bonchev–Trinajstić information content (AvgIpc) is 3.01. The topological polar surface area (TPSA) is 49.7 Å². The molecule has 0 aromatic rings. The fraction of sp³-hybridized carbons (Fsp3) is 1.00. The summed E-state index contributed by atoms with van der Waals surface area (Å²) in [7, 11) is 0. The SMILES string of the molecule is OC(CC1CCOCC1)C(O)C1CC1. The van der Waals surface area contributed by atoms with Gasteiger partial charge in [-0.05, 0) is 43.9 Å². The number of aliphatic hydroxyl groups is 2. The minimum Gasteiger partial charge on any atom is -0.390 e. The van der Waals surface area contributed by atoms with Gasteiger partial charge >= 0.3 is 0 Å². The van der Waals surface area contributed by atoms with E-state index in [4.69, 9.17) is 4.74 Å². The van der Waals surface area contributed by atoms with Crippen molar-refractivity contribution < 1.29 is 14.9 Å². The largest absolute Gasteiger partial charge is 0.390 e. The van der Waals surface area contributed by atoms with Crippen LogP contribution in [-0.4, -0.2) is 35.6 Å². The van der Waals surface area contributed by atoms with Crippen molar-refractivity contribution in [2.24, 2.45) is 11.8 Å². The maximum Gasteiger partial charge on any atom is 0.0827 e. The lowest BCUT2D eigenvalue weighted by molar-refractivity contribution is -0.0218. The van der Waals surface area contributed by atoms with E-state index in [0.29, 0.717) is 11.8 Å². The monoisotopic (exact) mass is 200 g/mol. The van der Waals surface area contributed by atoms with Gasteiger partial charge in [0.05, 0.1) is 12.2 Å². The van der Waals surface area contributed by atoms with Gasteiger partial charge in [0.25, 0.3) is 0 Å². The molecule has 0 aromatic heterocycles. The quantitative estimate of drug-likeness (QED) is 0.710. The third kappa shape index (κ3) is 2.69. The van der Waals surface area contributed by atoms with Gasteiger partial charge in [-0.15, -0.1) is 0 Å². The van der Waals surface area contributed by atoms with Crippen LogP contribution < -0.4 is 0 Å². The van der Waals surface area contributed by atoms with Crippen LogP contribution in [0.5, 0.6) is 0 Å². The van der Waals surface area contributed by atoms with Crippen molar-refractivity contribution in [3.05, 3.63) is 0 Å². The van der Waals surface area contributed by atoms with Crippen molar-refractivity contribution in [2.75, 3.05) is 13.2 Å². The van der Waals surface area contributed by atoms with Gasteiger partial charge in [-0.1, -0.05) is 0 Å². The van der Waals surface area contributed by atoms with Gasteiger partial charge in [-0.25, -0.2) is 0 Å². The Kier molecular flexibility index (Phi) is 3.42. The molecule has 1 saturated carbocycles. The Bertz CT molecular complexity index is 173. The first kappa shape index (κ1) is 10.4. The zero-order chi connectivity index (χ0) is 9.97. The summed E-state index contributed by atoms with van der Waals surface area (Å²) in [5, 5.41) is 19.5. The Hall–Kier alpha value is -0.120. The molecule has 14 heavy (non-hydrogen) atoms. The second-order valence-electron chi connectivity index (χ2n) is 4.69. The molecular weight excluding hydrogens is 180 g/mol. The van der Waals surface area contributed by atoms with E-state index >= 15 is 0 Å². The summed E-state index contributed by atoms with van der Waals surface area (Å²) in [4.78, 5) is 0. The smallest absolute Gasteiger partial charge is 0.0827 e. The highest BCUT2D eigenvalue weighted by Crippen LogP contribution is 2.35. The number of hydrogen-bond donors (Lipinski definition) is 2. The molecule has 1 heterocycles. The van der Waals surface area contributed by atoms with Crippen LogP contribution in [0, 0.1) is 11.8 Å². The molecule has 0 aromatic carbocycles. The summed E-state index contributed by atoms with van der Waals surface area (Å²) in [6, 6.07) is 0. The number of ether oxygens (including phenoxy) is 1. The molecule has 82 valence electrons. The summed E-state index contributed by atoms with van der Waals surface area (Å²) in [6.07, 6.45) is 4.02. The van der Waals surface area contributed by atoms with Crippen molar-refractivity contribution in [2.45, 2.75) is 44.3 Å². The third-order valence-corrected chi connectivity index (χ3v) is 3.41. The Morgan fingerprint density at radius 2 is 1.71 bits per heavy atom. The molecule has 2 atom stereocenters. The maximum atomic E-state index is 9.79. The molecule has 3 heteroatoms. The predicted octanol–water partition coefficient (Wildman–Crippen LogP) is 0.935. The van der Waals surface area contributed by atoms with Crippen LogP contribution in [0.1, 0.15) is 32.1 Å². The van der Waals surface area contributed by atoms with Crippen LogP contribution in [0.3, 0.4) is 0 Å². The Labute approximate surface area is 85.1 Å². The van der Waals surface area contributed by atoms with E-state index in [-0.39, 0.29) is 0 Å². The van der Waals surface area contributed by atoms with Crippen molar-refractivity contribution >= 4 is 0 Å². The molecule has 2 unspecified atom stereocenters. The van der Waals surface area contributed by atoms with E-state index in [9.17, 15) is 10.2 Å². The fourth-order valence-corrected chi connectivity index (χ4v) is 2.21. The first-order valence-corrected chi connectivity index (χ1v) is 5.71. The summed E-state index contributed by atoms with van der Waals surface area (Å²) in [5.41, 5.74) is 0. The standard InChI is InChI=1S/C11H20O3/c12-10(11(13)9-1-2-9)7-8-3-5-14-6-4-8/h8-13H,1-7H2. The molecule has 1 saturated heterocycles. The molecule has 0 bridgehead atoms. The van der Waals surface area contributed by atoms with Gasteiger partial charge in [0.2, 0.25) is 0 Å². The van der Waals surface area contributed by atoms with Gasteiger partial charge in [0, 0.05) is 13.2 Å². The second kappa shape index (κ2) is 4.60. The Morgan fingerprint density at radius 3 is 2.29 bits per heavy atom. The summed E-state index contributed by atoms with van der Waals surface area (Å²) in [5.74, 6) is 0.928. The number of aliphatic hydroxyl groups excluding tert-OH is 2. The van der Waals surface area contributed by atoms with E-state index in [1.807, 2.05) is 0 Å². The summed E-state index contributed by atoms with van der Waals surface area (Å²) >= 11 is 0. The molecule has 0 radical (unpaired) electrons. The fourth-order valence-electron chi connectivity index (χ4n) is 2.21. The van der Waals surface area contributed by atoms with Crippen molar-refractivity contribution in [1.82, 2.24) is 0 Å². The molecule has 1 aliphatic carbocycles. The Balaban J connectivity index is 1.71. The molecule has 2 fully saturated rings. The minimum absolute atomic E-state index is 0.379. The summed E-state index contributed by atoms with van der Waals surface area (Å²) < 4.78 is 5.26. The van der Waals surface area contributed by atoms with E-state index in [1.165, 1.54) is 0 Å². The van der Waals surface area contributed by atoms with E-state index in [1.54, 1.807) is 0 Å². The minimum atomic E-state index is -0.509. The summed E-state index contributed by atoms with van der Waals surface area (Å²) in [6.45, 7) is 1.63. The molecule has 0 spiro atoms. The molecular formula is C11H20O3. The lowest BCUT2D eigenvalue weighted by atomic mass is 9.91. The zero-order valence-corrected chi connectivity index (χ0v) is 8.56. The number of hydrogen-bond acceptors (Lipinski definition) is 3. The molecule has 0 amide bonds. The molecule has 3 nitrogen and oxygen atoms in total. The third-order valence-electron chi connectivity index (χ3n) is 3.41. The van der Waals surface area contributed by atoms with E-state index in [2.05, 4.69) is 0 Å². The predicted molar refractivity (Wildman–Crippen MR) is 52.9 cm³/mol. The van der Waals surface area contributed by atoms with Crippen LogP contribution in [0.25, 0.3) is 0 Å². The molecule has 2 aliphatic rings. The van der Waals surface area contributed by atoms with Gasteiger partial charge in [-0.2, -0.15) is 0 Å². The van der Waals surface area contributed by atoms with E-state index in [0.717, 1.165) is 45.3 Å². The van der Waals surface area contributed by atoms with Crippen LogP contribution in [0.2, 0.25) is 0 Å². The first-order chi connectivity index (χ1) is 6.77. The lowest BCUT2D eigenvalue weighted by Gasteiger charge is -2.26. The molecule has 2 rings (SSSR count). The van der Waals surface area contributed by atoms with Crippen LogP contribution in [0.15, 0.2) is 0 Å². The van der Waals surface area contributed by atoms with Crippen LogP contribution >= 0.6 is 0 Å². The average molecular weight is 200 g/mol. The highest BCUT2D eigenvalue weighted by atomic mass is 16.5. The first-order valence-electron chi connectivity index (χ1n) is 5.71. The van der Waals surface area contributed by atoms with Gasteiger partial charge < -0.3 is 14.9 Å². The number of rotatable bonds is 4. The van der Waals surface area contributed by atoms with Crippen LogP contribution in [-0.2, 0) is 4.74 Å². The van der Waals surface area contributed by atoms with Crippen LogP contribution in [0.4, 0.5) is 0 Å². The van der Waals surface area contributed by atoms with Gasteiger partial charge in [0.15, 0.2) is 0 Å². The lowest BCUT2D eigenvalue weighted by Crippen LogP contribution is -2.31. The van der Waals surface area contributed by atoms with Gasteiger partial charge in [-0.3, -0.25) is 0 Å². The highest BCUT2D eigenvalue weighted by molar-refractivity contribution is 4.86. The molecule has 2 N–H and O–H groups in total. The Morgan fingerprint density at radius 1 is 1.07 bits per heavy atom. The van der Waals surface area contributed by atoms with E-state index < -0.39 is 12.2 Å². The maximum absolute atomic E-state index is 9.79. The van der Waals surface area contributed by atoms with Crippen molar-refractivity contribution in [3.63, 3.8) is 0 Å². The highest BCUT2D eigenvalue weighted by Gasteiger charge is 2.35. The molecule has 1 aliphatic heterocycles. The normalized spacial score (nSPS) is 28.7.